The summed E-state index contributed by atoms with van der Waals surface area (Å²) in [6, 6.07) is 0. The van der Waals surface area contributed by atoms with Crippen molar-refractivity contribution in [3.8, 4) is 11.8 Å². The lowest BCUT2D eigenvalue weighted by atomic mass is 9.91. The van der Waals surface area contributed by atoms with Crippen molar-refractivity contribution in [3.05, 3.63) is 0 Å². The Hall–Kier alpha value is -0.520. The van der Waals surface area contributed by atoms with Crippen molar-refractivity contribution in [2.45, 2.75) is 27.2 Å². The Kier molecular flexibility index (Phi) is 4.44. The third-order valence-electron chi connectivity index (χ3n) is 2.72. The minimum Gasteiger partial charge on any atom is -0.379 e. The molecule has 0 amide bonds. The van der Waals surface area contributed by atoms with Gasteiger partial charge in [-0.05, 0) is 20.3 Å². The fourth-order valence-electron chi connectivity index (χ4n) is 1.24. The van der Waals surface area contributed by atoms with Gasteiger partial charge in [-0.1, -0.05) is 18.8 Å². The molecule has 1 heterocycles. The van der Waals surface area contributed by atoms with Crippen LogP contribution in [0.15, 0.2) is 0 Å². The van der Waals surface area contributed by atoms with Crippen LogP contribution in [0.5, 0.6) is 0 Å². The summed E-state index contributed by atoms with van der Waals surface area (Å²) in [5, 5.41) is 0. The van der Waals surface area contributed by atoms with E-state index in [0.29, 0.717) is 0 Å². The summed E-state index contributed by atoms with van der Waals surface area (Å²) in [7, 11) is 0. The zero-order chi connectivity index (χ0) is 10.4. The van der Waals surface area contributed by atoms with Crippen LogP contribution in [0.3, 0.4) is 0 Å². The molecule has 0 aromatic carbocycles. The van der Waals surface area contributed by atoms with Gasteiger partial charge in [0.1, 0.15) is 0 Å². The molecule has 2 nitrogen and oxygen atoms in total. The normalized spacial score (nSPS) is 18.8. The van der Waals surface area contributed by atoms with Crippen LogP contribution < -0.4 is 0 Å². The standard InChI is InChI=1S/C12H21NO/c1-4-12(2,3)6-5-7-13-8-10-14-11-9-13/h4,7-11H2,1-3H3. The van der Waals surface area contributed by atoms with Gasteiger partial charge in [0, 0.05) is 18.5 Å². The molecule has 0 aromatic rings. The largest absolute Gasteiger partial charge is 0.379 e. The maximum absolute atomic E-state index is 5.28. The Bertz CT molecular complexity index is 218. The number of ether oxygens (including phenoxy) is 1. The van der Waals surface area contributed by atoms with E-state index in [9.17, 15) is 0 Å². The Morgan fingerprint density at radius 1 is 1.29 bits per heavy atom. The summed E-state index contributed by atoms with van der Waals surface area (Å²) >= 11 is 0. The lowest BCUT2D eigenvalue weighted by Crippen LogP contribution is -2.36. The summed E-state index contributed by atoms with van der Waals surface area (Å²) in [6.45, 7) is 11.2. The molecule has 0 N–H and O–H groups in total. The molecule has 0 radical (unpaired) electrons. The average Bonchev–Trinajstić information content (AvgIpc) is 2.19. The van der Waals surface area contributed by atoms with Gasteiger partial charge in [0.05, 0.1) is 19.8 Å². The second kappa shape index (κ2) is 5.38. The van der Waals surface area contributed by atoms with Crippen LogP contribution in [0, 0.1) is 17.3 Å². The maximum atomic E-state index is 5.28. The van der Waals surface area contributed by atoms with Crippen LogP contribution >= 0.6 is 0 Å². The van der Waals surface area contributed by atoms with Gasteiger partial charge in [0.2, 0.25) is 0 Å². The Morgan fingerprint density at radius 2 is 1.93 bits per heavy atom. The lowest BCUT2D eigenvalue weighted by Gasteiger charge is -2.24. The minimum absolute atomic E-state index is 0.173. The van der Waals surface area contributed by atoms with Crippen LogP contribution in [0.1, 0.15) is 27.2 Å². The van der Waals surface area contributed by atoms with Crippen LogP contribution in [0.4, 0.5) is 0 Å². The van der Waals surface area contributed by atoms with Crippen LogP contribution in [0.25, 0.3) is 0 Å². The van der Waals surface area contributed by atoms with Crippen LogP contribution in [-0.2, 0) is 4.74 Å². The summed E-state index contributed by atoms with van der Waals surface area (Å²) in [6.07, 6.45) is 1.11. The van der Waals surface area contributed by atoms with Crippen LogP contribution in [-0.4, -0.2) is 37.7 Å². The molecular weight excluding hydrogens is 174 g/mol. The molecule has 0 spiro atoms. The highest BCUT2D eigenvalue weighted by atomic mass is 16.5. The molecule has 1 aliphatic rings. The molecule has 0 saturated carbocycles. The van der Waals surface area contributed by atoms with Gasteiger partial charge >= 0.3 is 0 Å². The molecule has 2 heteroatoms. The van der Waals surface area contributed by atoms with Crippen molar-refractivity contribution in [2.24, 2.45) is 5.41 Å². The predicted molar refractivity (Wildman–Crippen MR) is 59.1 cm³/mol. The molecule has 1 fully saturated rings. The van der Waals surface area contributed by atoms with E-state index < -0.39 is 0 Å². The first-order chi connectivity index (χ1) is 6.64. The predicted octanol–water partition coefficient (Wildman–Crippen LogP) is 1.76. The van der Waals surface area contributed by atoms with Crippen molar-refractivity contribution in [3.63, 3.8) is 0 Å². The highest BCUT2D eigenvalue weighted by molar-refractivity contribution is 5.09. The van der Waals surface area contributed by atoms with Crippen molar-refractivity contribution >= 4 is 0 Å². The van der Waals surface area contributed by atoms with E-state index in [1.165, 1.54) is 0 Å². The third kappa shape index (κ3) is 4.13. The van der Waals surface area contributed by atoms with E-state index in [2.05, 4.69) is 37.5 Å². The fraction of sp³-hybridized carbons (Fsp3) is 0.833. The van der Waals surface area contributed by atoms with Crippen molar-refractivity contribution < 1.29 is 4.74 Å². The zero-order valence-corrected chi connectivity index (χ0v) is 9.60. The van der Waals surface area contributed by atoms with E-state index in [1.54, 1.807) is 0 Å². The fourth-order valence-corrected chi connectivity index (χ4v) is 1.24. The summed E-state index contributed by atoms with van der Waals surface area (Å²) < 4.78 is 5.28. The van der Waals surface area contributed by atoms with E-state index >= 15 is 0 Å². The van der Waals surface area contributed by atoms with Gasteiger partial charge in [-0.3, -0.25) is 4.90 Å². The second-order valence-corrected chi connectivity index (χ2v) is 4.43. The Balaban J connectivity index is 2.30. The lowest BCUT2D eigenvalue weighted by molar-refractivity contribution is 0.0443. The van der Waals surface area contributed by atoms with Gasteiger partial charge in [0.15, 0.2) is 0 Å². The molecule has 0 atom stereocenters. The summed E-state index contributed by atoms with van der Waals surface area (Å²) in [4.78, 5) is 2.35. The number of hydrogen-bond donors (Lipinski definition) is 0. The molecule has 0 unspecified atom stereocenters. The smallest absolute Gasteiger partial charge is 0.0603 e. The second-order valence-electron chi connectivity index (χ2n) is 4.43. The molecule has 0 bridgehead atoms. The first kappa shape index (κ1) is 11.6. The molecular formula is C12H21NO. The molecule has 1 aliphatic heterocycles. The first-order valence-electron chi connectivity index (χ1n) is 5.44. The monoisotopic (exact) mass is 195 g/mol. The van der Waals surface area contributed by atoms with Crippen molar-refractivity contribution in [2.75, 3.05) is 32.8 Å². The van der Waals surface area contributed by atoms with Gasteiger partial charge in [-0.15, -0.1) is 0 Å². The summed E-state index contributed by atoms with van der Waals surface area (Å²) in [5.74, 6) is 6.59. The highest BCUT2D eigenvalue weighted by Gasteiger charge is 2.11. The van der Waals surface area contributed by atoms with Crippen molar-refractivity contribution in [1.29, 1.82) is 0 Å². The molecule has 0 aromatic heterocycles. The molecule has 1 rings (SSSR count). The van der Waals surface area contributed by atoms with E-state index in [-0.39, 0.29) is 5.41 Å². The first-order valence-corrected chi connectivity index (χ1v) is 5.44. The van der Waals surface area contributed by atoms with Crippen LogP contribution in [0.2, 0.25) is 0 Å². The van der Waals surface area contributed by atoms with Gasteiger partial charge in [0.25, 0.3) is 0 Å². The SMILES string of the molecule is CCC(C)(C)C#CCN1CCOCC1. The van der Waals surface area contributed by atoms with Gasteiger partial charge < -0.3 is 4.74 Å². The molecule has 14 heavy (non-hydrogen) atoms. The highest BCUT2D eigenvalue weighted by Crippen LogP contribution is 2.17. The zero-order valence-electron chi connectivity index (χ0n) is 9.60. The molecule has 0 aliphatic carbocycles. The maximum Gasteiger partial charge on any atom is 0.0603 e. The van der Waals surface area contributed by atoms with E-state index in [1.807, 2.05) is 0 Å². The van der Waals surface area contributed by atoms with E-state index in [4.69, 9.17) is 4.74 Å². The number of morpholine rings is 1. The number of rotatable bonds is 2. The third-order valence-corrected chi connectivity index (χ3v) is 2.72. The van der Waals surface area contributed by atoms with Gasteiger partial charge in [-0.2, -0.15) is 0 Å². The number of nitrogens with zero attached hydrogens (tertiary/aromatic N) is 1. The molecule has 80 valence electrons. The van der Waals surface area contributed by atoms with E-state index in [0.717, 1.165) is 39.3 Å². The quantitative estimate of drug-likeness (QED) is 0.623. The van der Waals surface area contributed by atoms with Crippen molar-refractivity contribution in [1.82, 2.24) is 4.90 Å². The molecule has 1 saturated heterocycles. The van der Waals surface area contributed by atoms with Gasteiger partial charge in [-0.25, -0.2) is 0 Å². The average molecular weight is 195 g/mol. The minimum atomic E-state index is 0.173. The summed E-state index contributed by atoms with van der Waals surface area (Å²) in [5.41, 5.74) is 0.173. The Labute approximate surface area is 87.6 Å². The number of hydrogen-bond acceptors (Lipinski definition) is 2. The Morgan fingerprint density at radius 3 is 2.50 bits per heavy atom. The topological polar surface area (TPSA) is 12.5 Å².